The first-order valence-electron chi connectivity index (χ1n) is 9.17. The Morgan fingerprint density at radius 1 is 1.04 bits per heavy atom. The summed E-state index contributed by atoms with van der Waals surface area (Å²) in [5, 5.41) is 0. The van der Waals surface area contributed by atoms with E-state index in [1.165, 1.54) is 10.5 Å². The first-order chi connectivity index (χ1) is 13.2. The van der Waals surface area contributed by atoms with E-state index in [2.05, 4.69) is 0 Å². The van der Waals surface area contributed by atoms with Crippen LogP contribution in [0.2, 0.25) is 0 Å². The standard InChI is InChI=1S/C21H24N2O4S/c1-21(20(25)22-28(2,26)27)14-15-23(21)19(24)18-11-7-6-10-17(18)13-12-16-8-4-3-5-9-16/h3-11H,12-15H2,1-2H3,(H,22,25). The molecule has 148 valence electrons. The predicted octanol–water partition coefficient (Wildman–Crippen LogP) is 2.15. The maximum Gasteiger partial charge on any atom is 0.259 e. The Morgan fingerprint density at radius 3 is 2.29 bits per heavy atom. The van der Waals surface area contributed by atoms with Gasteiger partial charge in [-0.15, -0.1) is 0 Å². The maximum atomic E-state index is 13.1. The molecule has 0 spiro atoms. The molecule has 6 nitrogen and oxygen atoms in total. The number of nitrogens with zero attached hydrogens (tertiary/aromatic N) is 1. The molecular weight excluding hydrogens is 376 g/mol. The van der Waals surface area contributed by atoms with Gasteiger partial charge in [0.1, 0.15) is 5.54 Å². The van der Waals surface area contributed by atoms with Gasteiger partial charge in [0.25, 0.3) is 11.8 Å². The zero-order chi connectivity index (χ0) is 20.4. The molecule has 2 aromatic carbocycles. The number of sulfonamides is 1. The Kier molecular flexibility index (Phi) is 5.56. The summed E-state index contributed by atoms with van der Waals surface area (Å²) in [4.78, 5) is 27.0. The lowest BCUT2D eigenvalue weighted by molar-refractivity contribution is -0.135. The molecule has 28 heavy (non-hydrogen) atoms. The van der Waals surface area contributed by atoms with Crippen molar-refractivity contribution in [3.8, 4) is 0 Å². The third-order valence-corrected chi connectivity index (χ3v) is 5.76. The average Bonchev–Trinajstić information content (AvgIpc) is 2.64. The van der Waals surface area contributed by atoms with Crippen molar-refractivity contribution in [3.05, 3.63) is 71.3 Å². The van der Waals surface area contributed by atoms with E-state index in [4.69, 9.17) is 0 Å². The largest absolute Gasteiger partial charge is 0.324 e. The van der Waals surface area contributed by atoms with E-state index >= 15 is 0 Å². The molecule has 1 atom stereocenters. The topological polar surface area (TPSA) is 83.6 Å². The second-order valence-electron chi connectivity index (χ2n) is 7.33. The number of nitrogens with one attached hydrogen (secondary N) is 1. The van der Waals surface area contributed by atoms with Gasteiger partial charge >= 0.3 is 0 Å². The highest BCUT2D eigenvalue weighted by molar-refractivity contribution is 7.89. The van der Waals surface area contributed by atoms with Crippen LogP contribution in [0, 0.1) is 0 Å². The number of hydrogen-bond acceptors (Lipinski definition) is 4. The maximum absolute atomic E-state index is 13.1. The van der Waals surface area contributed by atoms with Gasteiger partial charge in [-0.05, 0) is 43.4 Å². The van der Waals surface area contributed by atoms with Crippen LogP contribution in [0.25, 0.3) is 0 Å². The molecule has 0 aromatic heterocycles. The zero-order valence-electron chi connectivity index (χ0n) is 16.0. The van der Waals surface area contributed by atoms with Gasteiger partial charge in [0.2, 0.25) is 10.0 Å². The molecule has 0 aliphatic carbocycles. The number of carbonyl (C=O) groups is 2. The first-order valence-corrected chi connectivity index (χ1v) is 11.1. The number of carbonyl (C=O) groups excluding carboxylic acids is 2. The van der Waals surface area contributed by atoms with Crippen molar-refractivity contribution in [1.29, 1.82) is 0 Å². The quantitative estimate of drug-likeness (QED) is 0.805. The van der Waals surface area contributed by atoms with E-state index in [0.29, 0.717) is 24.9 Å². The Bertz CT molecular complexity index is 988. The Hall–Kier alpha value is -2.67. The van der Waals surface area contributed by atoms with Gasteiger partial charge in [-0.1, -0.05) is 48.5 Å². The summed E-state index contributed by atoms with van der Waals surface area (Å²) in [5.74, 6) is -0.919. The third kappa shape index (κ3) is 4.25. The van der Waals surface area contributed by atoms with Crippen molar-refractivity contribution in [2.75, 3.05) is 12.8 Å². The summed E-state index contributed by atoms with van der Waals surface area (Å²) in [6.07, 6.45) is 2.85. The molecule has 1 saturated heterocycles. The molecule has 1 fully saturated rings. The number of aryl methyl sites for hydroxylation is 2. The minimum absolute atomic E-state index is 0.249. The molecule has 1 aliphatic rings. The minimum atomic E-state index is -3.68. The van der Waals surface area contributed by atoms with Crippen LogP contribution >= 0.6 is 0 Å². The van der Waals surface area contributed by atoms with Crippen LogP contribution < -0.4 is 4.72 Å². The second kappa shape index (κ2) is 7.75. The summed E-state index contributed by atoms with van der Waals surface area (Å²) < 4.78 is 24.8. The normalized spacial score (nSPS) is 19.0. The number of rotatable bonds is 6. The lowest BCUT2D eigenvalue weighted by atomic mass is 9.84. The van der Waals surface area contributed by atoms with Crippen molar-refractivity contribution < 1.29 is 18.0 Å². The Balaban J connectivity index is 1.78. The van der Waals surface area contributed by atoms with E-state index in [-0.39, 0.29) is 5.91 Å². The van der Waals surface area contributed by atoms with Gasteiger partial charge in [0, 0.05) is 12.1 Å². The van der Waals surface area contributed by atoms with Gasteiger partial charge < -0.3 is 4.90 Å². The lowest BCUT2D eigenvalue weighted by Crippen LogP contribution is -2.67. The fraction of sp³-hybridized carbons (Fsp3) is 0.333. The van der Waals surface area contributed by atoms with Gasteiger partial charge in [-0.2, -0.15) is 0 Å². The van der Waals surface area contributed by atoms with E-state index in [0.717, 1.165) is 18.2 Å². The van der Waals surface area contributed by atoms with Crippen LogP contribution in [0.15, 0.2) is 54.6 Å². The van der Waals surface area contributed by atoms with Crippen molar-refractivity contribution in [2.24, 2.45) is 0 Å². The monoisotopic (exact) mass is 400 g/mol. The Morgan fingerprint density at radius 2 is 1.68 bits per heavy atom. The predicted molar refractivity (Wildman–Crippen MR) is 107 cm³/mol. The molecular formula is C21H24N2O4S. The van der Waals surface area contributed by atoms with E-state index in [1.54, 1.807) is 19.1 Å². The summed E-state index contributed by atoms with van der Waals surface area (Å²) >= 11 is 0. The summed E-state index contributed by atoms with van der Waals surface area (Å²) in [5.41, 5.74) is 1.49. The summed E-state index contributed by atoms with van der Waals surface area (Å²) in [6.45, 7) is 2.01. The lowest BCUT2D eigenvalue weighted by Gasteiger charge is -2.49. The fourth-order valence-corrected chi connectivity index (χ4v) is 3.97. The molecule has 1 heterocycles. The molecule has 1 unspecified atom stereocenters. The molecule has 1 N–H and O–H groups in total. The molecule has 2 aromatic rings. The van der Waals surface area contributed by atoms with E-state index < -0.39 is 21.5 Å². The summed E-state index contributed by atoms with van der Waals surface area (Å²) in [6, 6.07) is 17.4. The molecule has 2 amide bonds. The van der Waals surface area contributed by atoms with Gasteiger partial charge in [-0.3, -0.25) is 14.3 Å². The van der Waals surface area contributed by atoms with Gasteiger partial charge in [-0.25, -0.2) is 8.42 Å². The van der Waals surface area contributed by atoms with Crippen LogP contribution in [-0.2, 0) is 27.7 Å². The molecule has 0 saturated carbocycles. The first kappa shape index (κ1) is 20.1. The molecule has 0 bridgehead atoms. The highest BCUT2D eigenvalue weighted by atomic mass is 32.2. The molecule has 0 radical (unpaired) electrons. The second-order valence-corrected chi connectivity index (χ2v) is 9.08. The molecule has 1 aliphatic heterocycles. The van der Waals surface area contributed by atoms with Gasteiger partial charge in [0.05, 0.1) is 6.26 Å². The van der Waals surface area contributed by atoms with Crippen LogP contribution in [0.5, 0.6) is 0 Å². The van der Waals surface area contributed by atoms with Crippen LogP contribution in [0.3, 0.4) is 0 Å². The molecule has 7 heteroatoms. The number of amides is 2. The van der Waals surface area contributed by atoms with Crippen molar-refractivity contribution in [2.45, 2.75) is 31.7 Å². The zero-order valence-corrected chi connectivity index (χ0v) is 16.8. The smallest absolute Gasteiger partial charge is 0.259 e. The number of hydrogen-bond donors (Lipinski definition) is 1. The van der Waals surface area contributed by atoms with Crippen molar-refractivity contribution in [3.63, 3.8) is 0 Å². The van der Waals surface area contributed by atoms with Crippen LogP contribution in [0.1, 0.15) is 34.8 Å². The fourth-order valence-electron chi connectivity index (χ4n) is 3.42. The van der Waals surface area contributed by atoms with E-state index in [1.807, 2.05) is 47.2 Å². The van der Waals surface area contributed by atoms with Crippen LogP contribution in [-0.4, -0.2) is 43.5 Å². The SMILES string of the molecule is CC1(C(=O)NS(C)(=O)=O)CCN1C(=O)c1ccccc1CCc1ccccc1. The summed E-state index contributed by atoms with van der Waals surface area (Å²) in [7, 11) is -3.68. The van der Waals surface area contributed by atoms with Crippen LogP contribution in [0.4, 0.5) is 0 Å². The molecule has 3 rings (SSSR count). The van der Waals surface area contributed by atoms with Crippen molar-refractivity contribution >= 4 is 21.8 Å². The third-order valence-electron chi connectivity index (χ3n) is 5.20. The van der Waals surface area contributed by atoms with Crippen molar-refractivity contribution in [1.82, 2.24) is 9.62 Å². The number of benzene rings is 2. The highest BCUT2D eigenvalue weighted by Gasteiger charge is 2.50. The average molecular weight is 401 g/mol. The van der Waals surface area contributed by atoms with Gasteiger partial charge in [0.15, 0.2) is 0 Å². The number of likely N-dealkylation sites (tertiary alicyclic amines) is 1. The highest BCUT2D eigenvalue weighted by Crippen LogP contribution is 2.33. The Labute approximate surface area is 165 Å². The van der Waals surface area contributed by atoms with E-state index in [9.17, 15) is 18.0 Å². The minimum Gasteiger partial charge on any atom is -0.324 e.